The Labute approximate surface area is 115 Å². The summed E-state index contributed by atoms with van der Waals surface area (Å²) in [4.78, 5) is 15.8. The lowest BCUT2D eigenvalue weighted by molar-refractivity contribution is 0.0794. The average molecular weight is 261 g/mol. The first-order valence-electron chi connectivity index (χ1n) is 6.40. The molecule has 1 amide bonds. The van der Waals surface area contributed by atoms with Crippen molar-refractivity contribution in [3.8, 4) is 0 Å². The predicted molar refractivity (Wildman–Crippen MR) is 81.6 cm³/mol. The number of benzene rings is 1. The second-order valence-corrected chi connectivity index (χ2v) is 4.83. The van der Waals surface area contributed by atoms with Gasteiger partial charge in [-0.2, -0.15) is 0 Å². The van der Waals surface area contributed by atoms with Crippen LogP contribution < -0.4 is 10.6 Å². The lowest BCUT2D eigenvalue weighted by Crippen LogP contribution is -2.27. The number of hydrogen-bond donors (Lipinski definition) is 1. The molecule has 0 saturated carbocycles. The molecule has 2 N–H and O–H groups in total. The van der Waals surface area contributed by atoms with Gasteiger partial charge in [-0.15, -0.1) is 6.58 Å². The van der Waals surface area contributed by atoms with E-state index >= 15 is 0 Å². The topological polar surface area (TPSA) is 49.6 Å². The van der Waals surface area contributed by atoms with Crippen LogP contribution in [0, 0.1) is 0 Å². The van der Waals surface area contributed by atoms with Gasteiger partial charge in [0.05, 0.1) is 11.4 Å². The fourth-order valence-electron chi connectivity index (χ4n) is 1.89. The molecule has 4 nitrogen and oxygen atoms in total. The molecule has 1 aromatic rings. The van der Waals surface area contributed by atoms with Crippen LogP contribution in [0.25, 0.3) is 0 Å². The van der Waals surface area contributed by atoms with Crippen LogP contribution in [-0.4, -0.2) is 38.5 Å². The Hall–Kier alpha value is -1.97. The first kappa shape index (κ1) is 15.1. The lowest BCUT2D eigenvalue weighted by Gasteiger charge is -2.19. The van der Waals surface area contributed by atoms with Crippen LogP contribution in [0.4, 0.5) is 11.4 Å². The molecule has 0 heterocycles. The quantitative estimate of drug-likeness (QED) is 0.486. The van der Waals surface area contributed by atoms with E-state index in [0.717, 1.165) is 25.1 Å². The SMILES string of the molecule is C=CCCCN(C)C(=O)c1ccc(N(C)C)c(N)c1. The number of rotatable bonds is 6. The number of unbranched alkanes of at least 4 members (excludes halogenated alkanes) is 1. The number of nitrogens with two attached hydrogens (primary N) is 1. The van der Waals surface area contributed by atoms with Gasteiger partial charge in [-0.25, -0.2) is 0 Å². The van der Waals surface area contributed by atoms with Gasteiger partial charge in [-0.3, -0.25) is 4.79 Å². The minimum absolute atomic E-state index is 0.000989. The van der Waals surface area contributed by atoms with Crippen LogP contribution in [0.15, 0.2) is 30.9 Å². The van der Waals surface area contributed by atoms with Crippen LogP contribution in [0.5, 0.6) is 0 Å². The Balaban J connectivity index is 2.77. The van der Waals surface area contributed by atoms with E-state index in [0.29, 0.717) is 11.3 Å². The van der Waals surface area contributed by atoms with Crippen molar-refractivity contribution in [2.24, 2.45) is 0 Å². The smallest absolute Gasteiger partial charge is 0.253 e. The maximum Gasteiger partial charge on any atom is 0.253 e. The van der Waals surface area contributed by atoms with E-state index in [4.69, 9.17) is 5.73 Å². The summed E-state index contributed by atoms with van der Waals surface area (Å²) in [5.41, 5.74) is 8.13. The molecule has 1 rings (SSSR count). The van der Waals surface area contributed by atoms with E-state index in [1.807, 2.05) is 44.3 Å². The van der Waals surface area contributed by atoms with Gasteiger partial charge < -0.3 is 15.5 Å². The van der Waals surface area contributed by atoms with Crippen LogP contribution >= 0.6 is 0 Å². The van der Waals surface area contributed by atoms with E-state index in [1.54, 1.807) is 11.0 Å². The molecule has 0 radical (unpaired) electrons. The molecule has 0 atom stereocenters. The van der Waals surface area contributed by atoms with Crippen LogP contribution in [0.2, 0.25) is 0 Å². The molecular weight excluding hydrogens is 238 g/mol. The van der Waals surface area contributed by atoms with Crippen molar-refractivity contribution in [3.05, 3.63) is 36.4 Å². The molecule has 19 heavy (non-hydrogen) atoms. The first-order valence-corrected chi connectivity index (χ1v) is 6.40. The molecule has 0 saturated heterocycles. The highest BCUT2D eigenvalue weighted by atomic mass is 16.2. The van der Waals surface area contributed by atoms with E-state index in [-0.39, 0.29) is 5.91 Å². The summed E-state index contributed by atoms with van der Waals surface area (Å²) in [6, 6.07) is 5.43. The molecule has 0 bridgehead atoms. The van der Waals surface area contributed by atoms with Gasteiger partial charge >= 0.3 is 0 Å². The van der Waals surface area contributed by atoms with E-state index < -0.39 is 0 Å². The monoisotopic (exact) mass is 261 g/mol. The predicted octanol–water partition coefficient (Wildman–Crippen LogP) is 2.37. The lowest BCUT2D eigenvalue weighted by atomic mass is 10.1. The van der Waals surface area contributed by atoms with Gasteiger partial charge in [0.2, 0.25) is 0 Å². The summed E-state index contributed by atoms with van der Waals surface area (Å²) >= 11 is 0. The zero-order chi connectivity index (χ0) is 14.4. The highest BCUT2D eigenvalue weighted by Gasteiger charge is 2.13. The molecule has 0 aliphatic heterocycles. The first-order chi connectivity index (χ1) is 8.97. The fourth-order valence-corrected chi connectivity index (χ4v) is 1.89. The van der Waals surface area contributed by atoms with Crippen molar-refractivity contribution in [1.29, 1.82) is 0 Å². The number of hydrogen-bond acceptors (Lipinski definition) is 3. The third-order valence-electron chi connectivity index (χ3n) is 3.00. The van der Waals surface area contributed by atoms with Crippen LogP contribution in [0.3, 0.4) is 0 Å². The zero-order valence-electron chi connectivity index (χ0n) is 12.0. The highest BCUT2D eigenvalue weighted by molar-refractivity contribution is 5.96. The second-order valence-electron chi connectivity index (χ2n) is 4.83. The van der Waals surface area contributed by atoms with Crippen molar-refractivity contribution in [1.82, 2.24) is 4.90 Å². The number of carbonyl (C=O) groups excluding carboxylic acids is 1. The number of carbonyl (C=O) groups is 1. The Bertz CT molecular complexity index is 455. The van der Waals surface area contributed by atoms with Gasteiger partial charge in [0.1, 0.15) is 0 Å². The zero-order valence-corrected chi connectivity index (χ0v) is 12.0. The summed E-state index contributed by atoms with van der Waals surface area (Å²) in [6.45, 7) is 4.40. The maximum atomic E-state index is 12.2. The van der Waals surface area contributed by atoms with E-state index in [9.17, 15) is 4.79 Å². The molecular formula is C15H23N3O. The molecule has 0 unspecified atom stereocenters. The Kier molecular flexibility index (Phi) is 5.42. The fraction of sp³-hybridized carbons (Fsp3) is 0.400. The Morgan fingerprint density at radius 2 is 2.05 bits per heavy atom. The number of nitrogen functional groups attached to an aromatic ring is 1. The molecule has 0 fully saturated rings. The van der Waals surface area contributed by atoms with Crippen LogP contribution in [-0.2, 0) is 0 Å². The van der Waals surface area contributed by atoms with E-state index in [2.05, 4.69) is 6.58 Å². The number of anilines is 2. The normalized spacial score (nSPS) is 10.1. The molecule has 0 aromatic heterocycles. The average Bonchev–Trinajstić information content (AvgIpc) is 2.37. The Morgan fingerprint density at radius 1 is 1.37 bits per heavy atom. The van der Waals surface area contributed by atoms with Crippen molar-refractivity contribution in [3.63, 3.8) is 0 Å². The molecule has 0 spiro atoms. The second kappa shape index (κ2) is 6.83. The molecule has 1 aromatic carbocycles. The molecule has 4 heteroatoms. The minimum atomic E-state index is 0.000989. The maximum absolute atomic E-state index is 12.2. The molecule has 0 aliphatic carbocycles. The summed E-state index contributed by atoms with van der Waals surface area (Å²) in [5, 5.41) is 0. The van der Waals surface area contributed by atoms with Gasteiger partial charge in [-0.05, 0) is 31.0 Å². The van der Waals surface area contributed by atoms with Gasteiger partial charge in [0.15, 0.2) is 0 Å². The van der Waals surface area contributed by atoms with Crippen LogP contribution in [0.1, 0.15) is 23.2 Å². The summed E-state index contributed by atoms with van der Waals surface area (Å²) in [7, 11) is 5.66. The van der Waals surface area contributed by atoms with Crippen molar-refractivity contribution in [2.45, 2.75) is 12.8 Å². The van der Waals surface area contributed by atoms with Gasteiger partial charge in [0.25, 0.3) is 5.91 Å². The van der Waals surface area contributed by atoms with Gasteiger partial charge in [-0.1, -0.05) is 6.08 Å². The van der Waals surface area contributed by atoms with Gasteiger partial charge in [0, 0.05) is 33.3 Å². The molecule has 104 valence electrons. The minimum Gasteiger partial charge on any atom is -0.397 e. The van der Waals surface area contributed by atoms with Crippen molar-refractivity contribution in [2.75, 3.05) is 38.3 Å². The summed E-state index contributed by atoms with van der Waals surface area (Å²) in [5.74, 6) is 0.000989. The van der Waals surface area contributed by atoms with E-state index in [1.165, 1.54) is 0 Å². The number of allylic oxidation sites excluding steroid dienone is 1. The van der Waals surface area contributed by atoms with Crippen molar-refractivity contribution < 1.29 is 4.79 Å². The summed E-state index contributed by atoms with van der Waals surface area (Å²) < 4.78 is 0. The number of amides is 1. The van der Waals surface area contributed by atoms with Crippen molar-refractivity contribution >= 4 is 17.3 Å². The third kappa shape index (κ3) is 4.02. The third-order valence-corrected chi connectivity index (χ3v) is 3.00. The standard InChI is InChI=1S/C15H23N3O/c1-5-6-7-10-18(4)15(19)12-8-9-14(17(2)3)13(16)11-12/h5,8-9,11H,1,6-7,10,16H2,2-4H3. The molecule has 0 aliphatic rings. The highest BCUT2D eigenvalue weighted by Crippen LogP contribution is 2.22. The Morgan fingerprint density at radius 3 is 2.58 bits per heavy atom. The summed E-state index contributed by atoms with van der Waals surface area (Å²) in [6.07, 6.45) is 3.71. The number of nitrogens with zero attached hydrogens (tertiary/aromatic N) is 2. The largest absolute Gasteiger partial charge is 0.397 e.